The fourth-order valence-electron chi connectivity index (χ4n) is 1.42. The van der Waals surface area contributed by atoms with Gasteiger partial charge in [-0.15, -0.1) is 6.42 Å². The zero-order valence-corrected chi connectivity index (χ0v) is 12.3. The van der Waals surface area contributed by atoms with Crippen molar-refractivity contribution in [2.45, 2.75) is 0 Å². The van der Waals surface area contributed by atoms with Gasteiger partial charge in [-0.05, 0) is 34.1 Å². The molecule has 0 aliphatic heterocycles. The zero-order chi connectivity index (χ0) is 15.1. The van der Waals surface area contributed by atoms with Crippen LogP contribution in [-0.4, -0.2) is 42.2 Å². The van der Waals surface area contributed by atoms with Crippen molar-refractivity contribution in [3.8, 4) is 18.1 Å². The molecule has 0 bridgehead atoms. The van der Waals surface area contributed by atoms with Gasteiger partial charge in [-0.2, -0.15) is 0 Å². The Morgan fingerprint density at radius 2 is 2.25 bits per heavy atom. The fraction of sp³-hybridized carbons (Fsp3) is 0.231. The minimum absolute atomic E-state index is 0.0878. The lowest BCUT2D eigenvalue weighted by atomic mass is 10.3. The number of rotatable bonds is 5. The zero-order valence-electron chi connectivity index (χ0n) is 10.7. The fourth-order valence-corrected chi connectivity index (χ4v) is 1.96. The van der Waals surface area contributed by atoms with Crippen LogP contribution in [0.5, 0.6) is 5.75 Å². The molecule has 6 nitrogen and oxygen atoms in total. The van der Waals surface area contributed by atoms with E-state index in [4.69, 9.17) is 16.3 Å². The second-order valence-electron chi connectivity index (χ2n) is 3.73. The number of carboxylic acids is 1. The predicted molar refractivity (Wildman–Crippen MR) is 77.8 cm³/mol. The van der Waals surface area contributed by atoms with E-state index in [0.717, 1.165) is 4.90 Å². The van der Waals surface area contributed by atoms with Gasteiger partial charge in [0.2, 0.25) is 0 Å². The van der Waals surface area contributed by atoms with E-state index in [1.54, 1.807) is 18.2 Å². The van der Waals surface area contributed by atoms with Crippen LogP contribution in [0.2, 0.25) is 0 Å². The van der Waals surface area contributed by atoms with Crippen LogP contribution < -0.4 is 10.1 Å². The summed E-state index contributed by atoms with van der Waals surface area (Å²) in [6.07, 6.45) is 5.11. The Morgan fingerprint density at radius 1 is 1.55 bits per heavy atom. The number of nitrogens with zero attached hydrogens (tertiary/aromatic N) is 1. The molecule has 0 heterocycles. The van der Waals surface area contributed by atoms with E-state index in [1.807, 2.05) is 0 Å². The number of ether oxygens (including phenoxy) is 1. The van der Waals surface area contributed by atoms with Gasteiger partial charge < -0.3 is 20.1 Å². The molecule has 0 unspecified atom stereocenters. The summed E-state index contributed by atoms with van der Waals surface area (Å²) in [5.41, 5.74) is 0.495. The van der Waals surface area contributed by atoms with Crippen molar-refractivity contribution in [3.63, 3.8) is 0 Å². The van der Waals surface area contributed by atoms with E-state index < -0.39 is 18.5 Å². The van der Waals surface area contributed by atoms with Crippen LogP contribution in [0.4, 0.5) is 10.5 Å². The monoisotopic (exact) mass is 340 g/mol. The number of terminal acetylenes is 1. The van der Waals surface area contributed by atoms with Crippen molar-refractivity contribution < 1.29 is 19.4 Å². The van der Waals surface area contributed by atoms with Gasteiger partial charge in [0.25, 0.3) is 0 Å². The highest BCUT2D eigenvalue weighted by Gasteiger charge is 2.16. The predicted octanol–water partition coefficient (Wildman–Crippen LogP) is 2.01. The van der Waals surface area contributed by atoms with Crippen LogP contribution in [0.15, 0.2) is 22.7 Å². The van der Waals surface area contributed by atoms with Gasteiger partial charge in [0.15, 0.2) is 0 Å². The lowest BCUT2D eigenvalue weighted by molar-refractivity contribution is -0.137. The van der Waals surface area contributed by atoms with E-state index in [2.05, 4.69) is 27.2 Å². The number of nitrogens with one attached hydrogen (secondary N) is 1. The van der Waals surface area contributed by atoms with Crippen LogP contribution in [0.3, 0.4) is 0 Å². The Balaban J connectivity index is 2.80. The third-order valence-electron chi connectivity index (χ3n) is 2.30. The molecule has 0 aromatic heterocycles. The molecule has 0 radical (unpaired) electrons. The molecule has 0 saturated carbocycles. The van der Waals surface area contributed by atoms with Gasteiger partial charge in [-0.1, -0.05) is 5.92 Å². The minimum atomic E-state index is -1.13. The third kappa shape index (κ3) is 4.48. The number of benzene rings is 1. The third-order valence-corrected chi connectivity index (χ3v) is 2.92. The summed E-state index contributed by atoms with van der Waals surface area (Å²) < 4.78 is 5.74. The molecule has 0 aliphatic carbocycles. The number of hydrogen-bond acceptors (Lipinski definition) is 3. The van der Waals surface area contributed by atoms with Gasteiger partial charge in [0, 0.05) is 5.69 Å². The molecule has 0 spiro atoms. The number of carbonyl (C=O) groups excluding carboxylic acids is 1. The van der Waals surface area contributed by atoms with Crippen molar-refractivity contribution in [1.29, 1.82) is 0 Å². The Bertz CT molecular complexity index is 554. The average molecular weight is 341 g/mol. The SMILES string of the molecule is C#CCN(CC(=O)O)C(=O)Nc1ccc(OC)c(Br)c1. The Labute approximate surface area is 124 Å². The molecule has 0 saturated heterocycles. The molecule has 0 atom stereocenters. The second-order valence-corrected chi connectivity index (χ2v) is 4.59. The molecule has 2 amide bonds. The van der Waals surface area contributed by atoms with Crippen LogP contribution in [0.1, 0.15) is 0 Å². The molecule has 1 aromatic carbocycles. The molecule has 20 heavy (non-hydrogen) atoms. The minimum Gasteiger partial charge on any atom is -0.496 e. The van der Waals surface area contributed by atoms with E-state index in [9.17, 15) is 9.59 Å². The molecule has 106 valence electrons. The van der Waals surface area contributed by atoms with Crippen molar-refractivity contribution in [2.24, 2.45) is 0 Å². The van der Waals surface area contributed by atoms with E-state index in [-0.39, 0.29) is 6.54 Å². The highest BCUT2D eigenvalue weighted by atomic mass is 79.9. The molecular weight excluding hydrogens is 328 g/mol. The molecule has 7 heteroatoms. The topological polar surface area (TPSA) is 78.9 Å². The average Bonchev–Trinajstić information content (AvgIpc) is 2.38. The summed E-state index contributed by atoms with van der Waals surface area (Å²) in [7, 11) is 1.53. The standard InChI is InChI=1S/C13H13BrN2O4/c1-3-6-16(8-12(17)18)13(19)15-9-4-5-11(20-2)10(14)7-9/h1,4-5,7H,6,8H2,2H3,(H,15,19)(H,17,18). The Kier molecular flexibility index (Phi) is 5.87. The highest BCUT2D eigenvalue weighted by Crippen LogP contribution is 2.27. The van der Waals surface area contributed by atoms with Crippen molar-refractivity contribution in [1.82, 2.24) is 4.90 Å². The number of methoxy groups -OCH3 is 1. The molecule has 2 N–H and O–H groups in total. The number of halogens is 1. The van der Waals surface area contributed by atoms with Gasteiger partial charge in [0.1, 0.15) is 12.3 Å². The molecular formula is C13H13BrN2O4. The lowest BCUT2D eigenvalue weighted by Gasteiger charge is -2.18. The van der Waals surface area contributed by atoms with Gasteiger partial charge in [-0.25, -0.2) is 4.79 Å². The quantitative estimate of drug-likeness (QED) is 0.803. The summed E-state index contributed by atoms with van der Waals surface area (Å²) in [4.78, 5) is 23.6. The van der Waals surface area contributed by atoms with Crippen LogP contribution in [-0.2, 0) is 4.79 Å². The number of hydrogen-bond donors (Lipinski definition) is 2. The Hall–Kier alpha value is -2.20. The highest BCUT2D eigenvalue weighted by molar-refractivity contribution is 9.10. The number of aliphatic carboxylic acids is 1. The maximum atomic E-state index is 11.9. The van der Waals surface area contributed by atoms with E-state index in [0.29, 0.717) is 15.9 Å². The summed E-state index contributed by atoms with van der Waals surface area (Å²) in [6.45, 7) is -0.553. The van der Waals surface area contributed by atoms with Gasteiger partial charge in [-0.3, -0.25) is 4.79 Å². The number of anilines is 1. The van der Waals surface area contributed by atoms with Crippen LogP contribution >= 0.6 is 15.9 Å². The molecule has 1 aromatic rings. The summed E-state index contributed by atoms with van der Waals surface area (Å²) in [6, 6.07) is 4.37. The normalized spacial score (nSPS) is 9.45. The van der Waals surface area contributed by atoms with Crippen molar-refractivity contribution in [3.05, 3.63) is 22.7 Å². The number of amides is 2. The van der Waals surface area contributed by atoms with Crippen LogP contribution in [0.25, 0.3) is 0 Å². The first-order chi connectivity index (χ1) is 9.47. The van der Waals surface area contributed by atoms with E-state index in [1.165, 1.54) is 7.11 Å². The number of carbonyl (C=O) groups is 2. The summed E-state index contributed by atoms with van der Waals surface area (Å²) >= 11 is 3.29. The molecule has 1 rings (SSSR count). The first-order valence-electron chi connectivity index (χ1n) is 5.52. The van der Waals surface area contributed by atoms with E-state index >= 15 is 0 Å². The number of carboxylic acid groups (broad SMARTS) is 1. The van der Waals surface area contributed by atoms with Gasteiger partial charge >= 0.3 is 12.0 Å². The second kappa shape index (κ2) is 7.40. The smallest absolute Gasteiger partial charge is 0.323 e. The molecule has 0 aliphatic rings. The summed E-state index contributed by atoms with van der Waals surface area (Å²) in [5, 5.41) is 11.3. The van der Waals surface area contributed by atoms with Crippen molar-refractivity contribution >= 4 is 33.6 Å². The molecule has 0 fully saturated rings. The Morgan fingerprint density at radius 3 is 2.75 bits per heavy atom. The first kappa shape index (κ1) is 15.9. The summed E-state index contributed by atoms with van der Waals surface area (Å²) in [5.74, 6) is 1.73. The van der Waals surface area contributed by atoms with Gasteiger partial charge in [0.05, 0.1) is 18.1 Å². The lowest BCUT2D eigenvalue weighted by Crippen LogP contribution is -2.39. The maximum absolute atomic E-state index is 11.9. The maximum Gasteiger partial charge on any atom is 0.323 e. The van der Waals surface area contributed by atoms with Crippen molar-refractivity contribution in [2.75, 3.05) is 25.5 Å². The van der Waals surface area contributed by atoms with Crippen LogP contribution in [0, 0.1) is 12.3 Å². The largest absolute Gasteiger partial charge is 0.496 e. The first-order valence-corrected chi connectivity index (χ1v) is 6.32. The number of urea groups is 1.